The fourth-order valence-corrected chi connectivity index (χ4v) is 3.99. The number of amides is 3. The summed E-state index contributed by atoms with van der Waals surface area (Å²) in [6, 6.07) is 9.43. The zero-order valence-electron chi connectivity index (χ0n) is 15.9. The van der Waals surface area contributed by atoms with Crippen molar-refractivity contribution < 1.29 is 9.59 Å². The molecule has 2 saturated heterocycles. The molecular formula is C20H30N4O2. The second-order valence-electron chi connectivity index (χ2n) is 7.80. The Labute approximate surface area is 156 Å². The molecule has 3 rings (SSSR count). The van der Waals surface area contributed by atoms with Gasteiger partial charge in [0.25, 0.3) is 0 Å². The number of piperidine rings is 1. The molecule has 1 N–H and O–H groups in total. The van der Waals surface area contributed by atoms with Gasteiger partial charge in [-0.2, -0.15) is 0 Å². The third-order valence-corrected chi connectivity index (χ3v) is 5.26. The third-order valence-electron chi connectivity index (χ3n) is 5.26. The van der Waals surface area contributed by atoms with Crippen molar-refractivity contribution in [3.8, 4) is 0 Å². The average Bonchev–Trinajstić information content (AvgIpc) is 2.62. The molecule has 0 saturated carbocycles. The molecule has 3 amide bonds. The molecule has 0 radical (unpaired) electrons. The molecule has 142 valence electrons. The first kappa shape index (κ1) is 18.7. The molecule has 26 heavy (non-hydrogen) atoms. The third kappa shape index (κ3) is 4.97. The number of carbonyl (C=O) groups is 2. The van der Waals surface area contributed by atoms with Gasteiger partial charge in [-0.3, -0.25) is 9.69 Å². The number of nitrogens with one attached hydrogen (secondary N) is 1. The van der Waals surface area contributed by atoms with Crippen molar-refractivity contribution in [1.82, 2.24) is 14.7 Å². The summed E-state index contributed by atoms with van der Waals surface area (Å²) in [5.41, 5.74) is 0.809. The van der Waals surface area contributed by atoms with E-state index in [0.717, 1.165) is 31.9 Å². The van der Waals surface area contributed by atoms with Gasteiger partial charge in [-0.05, 0) is 30.4 Å². The van der Waals surface area contributed by atoms with Crippen LogP contribution in [0.4, 0.5) is 10.5 Å². The summed E-state index contributed by atoms with van der Waals surface area (Å²) >= 11 is 0. The molecule has 1 aromatic rings. The maximum absolute atomic E-state index is 12.6. The van der Waals surface area contributed by atoms with Crippen LogP contribution in [0.5, 0.6) is 0 Å². The van der Waals surface area contributed by atoms with Crippen LogP contribution < -0.4 is 5.32 Å². The highest BCUT2D eigenvalue weighted by Gasteiger charge is 2.28. The van der Waals surface area contributed by atoms with Crippen molar-refractivity contribution in [2.75, 3.05) is 51.1 Å². The van der Waals surface area contributed by atoms with Crippen LogP contribution in [0.25, 0.3) is 0 Å². The first-order valence-electron chi connectivity index (χ1n) is 9.62. The predicted octanol–water partition coefficient (Wildman–Crippen LogP) is 2.34. The van der Waals surface area contributed by atoms with Crippen LogP contribution in [0.15, 0.2) is 30.3 Å². The Balaban J connectivity index is 1.43. The molecule has 2 aliphatic heterocycles. The van der Waals surface area contributed by atoms with Crippen molar-refractivity contribution in [2.24, 2.45) is 11.8 Å². The first-order chi connectivity index (χ1) is 12.5. The maximum Gasteiger partial charge on any atom is 0.321 e. The number of piperazine rings is 1. The van der Waals surface area contributed by atoms with Gasteiger partial charge >= 0.3 is 6.03 Å². The van der Waals surface area contributed by atoms with Crippen LogP contribution in [-0.2, 0) is 4.79 Å². The van der Waals surface area contributed by atoms with Gasteiger partial charge in [0.15, 0.2) is 0 Å². The number of hydrogen-bond donors (Lipinski definition) is 1. The lowest BCUT2D eigenvalue weighted by molar-refractivity contribution is -0.135. The van der Waals surface area contributed by atoms with Gasteiger partial charge in [0, 0.05) is 45.0 Å². The van der Waals surface area contributed by atoms with Crippen molar-refractivity contribution in [3.63, 3.8) is 0 Å². The number of carbonyl (C=O) groups excluding carboxylic acids is 2. The highest BCUT2D eigenvalue weighted by atomic mass is 16.2. The molecule has 1 aromatic carbocycles. The lowest BCUT2D eigenvalue weighted by atomic mass is 9.92. The SMILES string of the molecule is C[C@@H]1C[C@H](C)CN(C(=O)CN2CCN(C(=O)Nc3ccccc3)CC2)C1. The Bertz CT molecular complexity index is 603. The second-order valence-corrected chi connectivity index (χ2v) is 7.80. The zero-order chi connectivity index (χ0) is 18.5. The summed E-state index contributed by atoms with van der Waals surface area (Å²) in [5, 5.41) is 2.92. The number of likely N-dealkylation sites (tertiary alicyclic amines) is 1. The molecule has 0 spiro atoms. The monoisotopic (exact) mass is 358 g/mol. The molecule has 2 fully saturated rings. The predicted molar refractivity (Wildman–Crippen MR) is 103 cm³/mol. The smallest absolute Gasteiger partial charge is 0.321 e. The number of rotatable bonds is 3. The average molecular weight is 358 g/mol. The number of urea groups is 1. The number of hydrogen-bond acceptors (Lipinski definition) is 3. The van der Waals surface area contributed by atoms with Gasteiger partial charge in [-0.1, -0.05) is 32.0 Å². The van der Waals surface area contributed by atoms with Crippen molar-refractivity contribution in [3.05, 3.63) is 30.3 Å². The normalized spacial score (nSPS) is 24.4. The summed E-state index contributed by atoms with van der Waals surface area (Å²) in [7, 11) is 0. The van der Waals surface area contributed by atoms with Gasteiger partial charge < -0.3 is 15.1 Å². The Morgan fingerprint density at radius 1 is 0.962 bits per heavy atom. The molecule has 0 aliphatic carbocycles. The van der Waals surface area contributed by atoms with E-state index >= 15 is 0 Å². The van der Waals surface area contributed by atoms with E-state index in [1.165, 1.54) is 6.42 Å². The van der Waals surface area contributed by atoms with Crippen LogP contribution in [0.1, 0.15) is 20.3 Å². The van der Waals surface area contributed by atoms with E-state index in [1.54, 1.807) is 0 Å². The van der Waals surface area contributed by atoms with Gasteiger partial charge in [0.2, 0.25) is 5.91 Å². The van der Waals surface area contributed by atoms with Crippen LogP contribution in [-0.4, -0.2) is 72.5 Å². The van der Waals surface area contributed by atoms with E-state index in [4.69, 9.17) is 0 Å². The lowest BCUT2D eigenvalue weighted by Gasteiger charge is -2.38. The minimum atomic E-state index is -0.0687. The summed E-state index contributed by atoms with van der Waals surface area (Å²) in [5.74, 6) is 1.40. The highest BCUT2D eigenvalue weighted by molar-refractivity contribution is 5.89. The number of benzene rings is 1. The van der Waals surface area contributed by atoms with E-state index in [1.807, 2.05) is 40.1 Å². The second kappa shape index (κ2) is 8.54. The largest absolute Gasteiger partial charge is 0.341 e. The fraction of sp³-hybridized carbons (Fsp3) is 0.600. The highest BCUT2D eigenvalue weighted by Crippen LogP contribution is 2.21. The van der Waals surface area contributed by atoms with Crippen molar-refractivity contribution >= 4 is 17.6 Å². The summed E-state index contributed by atoms with van der Waals surface area (Å²) in [6.07, 6.45) is 1.21. The van der Waals surface area contributed by atoms with E-state index in [-0.39, 0.29) is 11.9 Å². The van der Waals surface area contributed by atoms with Crippen LogP contribution >= 0.6 is 0 Å². The molecule has 2 atom stereocenters. The zero-order valence-corrected chi connectivity index (χ0v) is 15.9. The molecule has 2 aliphatic rings. The Hall–Kier alpha value is -2.08. The lowest BCUT2D eigenvalue weighted by Crippen LogP contribution is -2.53. The maximum atomic E-state index is 12.6. The molecular weight excluding hydrogens is 328 g/mol. The topological polar surface area (TPSA) is 55.9 Å². The van der Waals surface area contributed by atoms with Crippen molar-refractivity contribution in [1.29, 1.82) is 0 Å². The summed E-state index contributed by atoms with van der Waals surface area (Å²) in [4.78, 5) is 30.9. The number of nitrogens with zero attached hydrogens (tertiary/aromatic N) is 3. The fourth-order valence-electron chi connectivity index (χ4n) is 3.99. The molecule has 6 nitrogen and oxygen atoms in total. The molecule has 6 heteroatoms. The summed E-state index contributed by atoms with van der Waals surface area (Å²) in [6.45, 7) is 9.45. The van der Waals surface area contributed by atoms with E-state index < -0.39 is 0 Å². The van der Waals surface area contributed by atoms with Gasteiger partial charge in [-0.15, -0.1) is 0 Å². The molecule has 0 bridgehead atoms. The van der Waals surface area contributed by atoms with Gasteiger partial charge in [0.1, 0.15) is 0 Å². The van der Waals surface area contributed by atoms with E-state index in [0.29, 0.717) is 31.5 Å². The summed E-state index contributed by atoms with van der Waals surface area (Å²) < 4.78 is 0. The Morgan fingerprint density at radius 2 is 1.58 bits per heavy atom. The van der Waals surface area contributed by atoms with Crippen molar-refractivity contribution in [2.45, 2.75) is 20.3 Å². The standard InChI is InChI=1S/C20H30N4O2/c1-16-12-17(2)14-24(13-16)19(25)15-22-8-10-23(11-9-22)20(26)21-18-6-4-3-5-7-18/h3-7,16-17H,8-15H2,1-2H3,(H,21,26)/t16-,17+. The quantitative estimate of drug-likeness (QED) is 0.902. The van der Waals surface area contributed by atoms with Crippen LogP contribution in [0.2, 0.25) is 0 Å². The Morgan fingerprint density at radius 3 is 2.19 bits per heavy atom. The minimum Gasteiger partial charge on any atom is -0.341 e. The molecule has 0 unspecified atom stereocenters. The van der Waals surface area contributed by atoms with E-state index in [9.17, 15) is 9.59 Å². The van der Waals surface area contributed by atoms with Gasteiger partial charge in [0.05, 0.1) is 6.54 Å². The molecule has 0 aromatic heterocycles. The van der Waals surface area contributed by atoms with Crippen LogP contribution in [0, 0.1) is 11.8 Å². The number of para-hydroxylation sites is 1. The Kier molecular flexibility index (Phi) is 6.14. The molecule has 2 heterocycles. The van der Waals surface area contributed by atoms with Crippen LogP contribution in [0.3, 0.4) is 0 Å². The number of anilines is 1. The van der Waals surface area contributed by atoms with E-state index in [2.05, 4.69) is 24.1 Å². The minimum absolute atomic E-state index is 0.0687. The first-order valence-corrected chi connectivity index (χ1v) is 9.62. The van der Waals surface area contributed by atoms with Gasteiger partial charge in [-0.25, -0.2) is 4.79 Å².